The molecule has 3 heteroatoms. The van der Waals surface area contributed by atoms with Gasteiger partial charge in [-0.15, -0.1) is 6.07 Å². The van der Waals surface area contributed by atoms with E-state index < -0.39 is 0 Å². The summed E-state index contributed by atoms with van der Waals surface area (Å²) in [5, 5.41) is 0. The first-order valence-corrected chi connectivity index (χ1v) is 2.75. The monoisotopic (exact) mass is 309 g/mol. The maximum Gasteiger partial charge on any atom is 0.0147 e. The van der Waals surface area contributed by atoms with Crippen molar-refractivity contribution in [2.45, 2.75) is 6.92 Å². The van der Waals surface area contributed by atoms with Crippen molar-refractivity contribution in [3.05, 3.63) is 34.2 Å². The molecule has 1 aromatic rings. The van der Waals surface area contributed by atoms with E-state index >= 15 is 0 Å². The fourth-order valence-electron chi connectivity index (χ4n) is 0.595. The quantitative estimate of drug-likeness (QED) is 0.640. The molecule has 55 valence electrons. The van der Waals surface area contributed by atoms with Crippen LogP contribution in [0.15, 0.2) is 17.1 Å². The van der Waals surface area contributed by atoms with E-state index in [0.29, 0.717) is 0 Å². The first-order valence-electron chi connectivity index (χ1n) is 2.75. The number of nitrogens with zero attached hydrogens (tertiary/aromatic N) is 1. The number of rotatable bonds is 0. The van der Waals surface area contributed by atoms with Crippen LogP contribution in [0.25, 0.3) is 0 Å². The largest absolute Gasteiger partial charge is 0.389 e. The maximum atomic E-state index is 10.6. The minimum atomic E-state index is -0.0504. The molecule has 1 rings (SSSR count). The number of aryl methyl sites for hydroxylation is 2. The van der Waals surface area contributed by atoms with Gasteiger partial charge in [0.2, 0.25) is 0 Å². The Morgan fingerprint density at radius 2 is 2.20 bits per heavy atom. The zero-order chi connectivity index (χ0) is 6.85. The number of pyridine rings is 1. The van der Waals surface area contributed by atoms with Crippen LogP contribution in [0.1, 0.15) is 5.69 Å². The first-order chi connectivity index (χ1) is 4.20. The topological polar surface area (TPSA) is 22.0 Å². The van der Waals surface area contributed by atoms with E-state index in [1.54, 1.807) is 12.3 Å². The molecule has 0 aliphatic carbocycles. The summed E-state index contributed by atoms with van der Waals surface area (Å²) >= 11 is 0. The van der Waals surface area contributed by atoms with Crippen molar-refractivity contribution < 1.29 is 20.4 Å². The maximum absolute atomic E-state index is 10.6. The Bertz CT molecular complexity index is 267. The van der Waals surface area contributed by atoms with E-state index in [2.05, 4.69) is 6.07 Å². The van der Waals surface area contributed by atoms with Crippen LogP contribution in [-0.2, 0) is 27.5 Å². The predicted molar refractivity (Wildman–Crippen MR) is 35.3 cm³/mol. The summed E-state index contributed by atoms with van der Waals surface area (Å²) < 4.78 is 1.85. The Morgan fingerprint density at radius 1 is 1.60 bits per heavy atom. The van der Waals surface area contributed by atoms with Gasteiger partial charge in [0, 0.05) is 32.9 Å². The summed E-state index contributed by atoms with van der Waals surface area (Å²) in [4.78, 5) is 10.6. The second-order valence-corrected chi connectivity index (χ2v) is 2.03. The molecular weight excluding hydrogens is 300 g/mol. The minimum absolute atomic E-state index is 0. The fourth-order valence-corrected chi connectivity index (χ4v) is 0.595. The molecule has 0 atom stereocenters. The normalized spacial score (nSPS) is 8.60. The Hall–Kier alpha value is -0.388. The number of aromatic nitrogens is 1. The molecule has 0 aliphatic heterocycles. The van der Waals surface area contributed by atoms with Crippen molar-refractivity contribution in [3.63, 3.8) is 0 Å². The van der Waals surface area contributed by atoms with Crippen molar-refractivity contribution in [1.29, 1.82) is 0 Å². The van der Waals surface area contributed by atoms with Crippen LogP contribution in [0.2, 0.25) is 0 Å². The van der Waals surface area contributed by atoms with Crippen LogP contribution in [0.3, 0.4) is 0 Å². The molecular formula is C7H8NORe-. The van der Waals surface area contributed by atoms with E-state index in [9.17, 15) is 4.79 Å². The van der Waals surface area contributed by atoms with Gasteiger partial charge in [0.25, 0.3) is 0 Å². The second kappa shape index (κ2) is 3.70. The second-order valence-electron chi connectivity index (χ2n) is 2.03. The van der Waals surface area contributed by atoms with Gasteiger partial charge in [-0.3, -0.25) is 0 Å². The third kappa shape index (κ3) is 2.09. The molecule has 0 aliphatic rings. The van der Waals surface area contributed by atoms with Crippen LogP contribution in [0.5, 0.6) is 0 Å². The van der Waals surface area contributed by atoms with Crippen molar-refractivity contribution in [1.82, 2.24) is 4.57 Å². The van der Waals surface area contributed by atoms with Gasteiger partial charge in [-0.25, -0.2) is 0 Å². The Labute approximate surface area is 73.5 Å². The standard InChI is InChI=1S/C7H8NO.Re/c1-6-5-7(9)3-4-8(6)2;/h4-5H,1-2H3;/q-1;. The summed E-state index contributed by atoms with van der Waals surface area (Å²) in [6.45, 7) is 1.88. The molecule has 0 unspecified atom stereocenters. The van der Waals surface area contributed by atoms with E-state index in [1.165, 1.54) is 0 Å². The van der Waals surface area contributed by atoms with Crippen molar-refractivity contribution in [2.24, 2.45) is 7.05 Å². The average Bonchev–Trinajstić information content (AvgIpc) is 1.80. The number of hydrogen-bond acceptors (Lipinski definition) is 1. The molecule has 1 aromatic heterocycles. The van der Waals surface area contributed by atoms with Crippen LogP contribution in [0.4, 0.5) is 0 Å². The summed E-state index contributed by atoms with van der Waals surface area (Å²) in [7, 11) is 1.88. The fraction of sp³-hybridized carbons (Fsp3) is 0.286. The molecule has 0 amide bonds. The molecule has 10 heavy (non-hydrogen) atoms. The summed E-state index contributed by atoms with van der Waals surface area (Å²) in [6.07, 6.45) is 1.64. The average molecular weight is 308 g/mol. The van der Waals surface area contributed by atoms with Gasteiger partial charge in [0.05, 0.1) is 0 Å². The SMILES string of the molecule is Cc1cc(=O)[c-]cn1C.[Re]. The molecule has 1 radical (unpaired) electrons. The van der Waals surface area contributed by atoms with Gasteiger partial charge in [0.1, 0.15) is 0 Å². The Balaban J connectivity index is 0.000000810. The van der Waals surface area contributed by atoms with E-state index in [-0.39, 0.29) is 25.9 Å². The van der Waals surface area contributed by atoms with Gasteiger partial charge in [-0.1, -0.05) is 11.9 Å². The molecule has 1 heterocycles. The van der Waals surface area contributed by atoms with E-state index in [4.69, 9.17) is 0 Å². The molecule has 0 N–H and O–H groups in total. The van der Waals surface area contributed by atoms with E-state index in [0.717, 1.165) is 5.69 Å². The number of hydrogen-bond donors (Lipinski definition) is 0. The predicted octanol–water partition coefficient (Wildman–Crippen LogP) is 0.491. The molecule has 0 spiro atoms. The minimum Gasteiger partial charge on any atom is -0.389 e. The van der Waals surface area contributed by atoms with Gasteiger partial charge in [-0.05, 0) is 6.92 Å². The van der Waals surface area contributed by atoms with Crippen molar-refractivity contribution >= 4 is 0 Å². The third-order valence-corrected chi connectivity index (χ3v) is 1.30. The van der Waals surface area contributed by atoms with E-state index in [1.807, 2.05) is 18.5 Å². The Morgan fingerprint density at radius 3 is 2.60 bits per heavy atom. The van der Waals surface area contributed by atoms with Crippen molar-refractivity contribution in [2.75, 3.05) is 0 Å². The van der Waals surface area contributed by atoms with Gasteiger partial charge in [-0.2, -0.15) is 6.07 Å². The summed E-state index contributed by atoms with van der Waals surface area (Å²) in [5.41, 5.74) is 0.907. The summed E-state index contributed by atoms with van der Waals surface area (Å²) in [6, 6.07) is 4.10. The molecule has 2 nitrogen and oxygen atoms in total. The van der Waals surface area contributed by atoms with Crippen LogP contribution >= 0.6 is 0 Å². The smallest absolute Gasteiger partial charge is 0.0147 e. The molecule has 0 saturated carbocycles. The molecule has 0 aromatic carbocycles. The van der Waals surface area contributed by atoms with Crippen LogP contribution in [-0.4, -0.2) is 4.57 Å². The van der Waals surface area contributed by atoms with Crippen LogP contribution in [0, 0.1) is 13.0 Å². The summed E-state index contributed by atoms with van der Waals surface area (Å²) in [5.74, 6) is 0. The Kier molecular flexibility index (Phi) is 3.56. The third-order valence-electron chi connectivity index (χ3n) is 1.30. The van der Waals surface area contributed by atoms with Gasteiger partial charge >= 0.3 is 0 Å². The zero-order valence-corrected chi connectivity index (χ0v) is 8.60. The van der Waals surface area contributed by atoms with Gasteiger partial charge < -0.3 is 9.36 Å². The van der Waals surface area contributed by atoms with Crippen LogP contribution < -0.4 is 5.43 Å². The molecule has 0 saturated heterocycles. The zero-order valence-electron chi connectivity index (χ0n) is 5.89. The first kappa shape index (κ1) is 9.61. The van der Waals surface area contributed by atoms with Crippen molar-refractivity contribution in [3.8, 4) is 0 Å². The molecule has 0 fully saturated rings. The van der Waals surface area contributed by atoms with Gasteiger partial charge in [0.15, 0.2) is 0 Å². The molecule has 0 bridgehead atoms.